The number of benzene rings is 2. The van der Waals surface area contributed by atoms with E-state index < -0.39 is 63.0 Å². The first-order valence-electron chi connectivity index (χ1n) is 13.4. The molecule has 5 aliphatic rings. The standard InChI is InChI=1S/C31H29BrN2O6/c1-6-40-29(39)20-17(4)31(32)23-21(25(35)33(27(23)37)18-11-7-15(2)8-12-18)30(20,5)22-24(31)28(38)34(26(22)36)19-13-9-16(3)10-14-19/h7-14,21-24H,6H2,1-5H3/t21-,22-,23-,24+,30?,31?/m1/s1. The third-order valence-electron chi connectivity index (χ3n) is 9.36. The Morgan fingerprint density at radius 3 is 1.50 bits per heavy atom. The van der Waals surface area contributed by atoms with Crippen molar-refractivity contribution in [3.8, 4) is 0 Å². The molecular formula is C31H29BrN2O6. The number of ether oxygens (including phenoxy) is 1. The van der Waals surface area contributed by atoms with E-state index in [1.165, 1.54) is 0 Å². The van der Waals surface area contributed by atoms with Crippen molar-refractivity contribution < 1.29 is 28.7 Å². The van der Waals surface area contributed by atoms with Gasteiger partial charge in [0.25, 0.3) is 0 Å². The second-order valence-electron chi connectivity index (χ2n) is 11.4. The van der Waals surface area contributed by atoms with Crippen molar-refractivity contribution in [2.45, 2.75) is 38.9 Å². The molecule has 1 saturated carbocycles. The summed E-state index contributed by atoms with van der Waals surface area (Å²) in [5.41, 5.74) is 1.94. The normalized spacial score (nSPS) is 32.6. The van der Waals surface area contributed by atoms with E-state index in [0.29, 0.717) is 16.9 Å². The monoisotopic (exact) mass is 604 g/mol. The number of nitrogens with zero attached hydrogens (tertiary/aromatic N) is 2. The Balaban J connectivity index is 1.58. The molecule has 2 unspecified atom stereocenters. The second kappa shape index (κ2) is 8.70. The molecule has 206 valence electrons. The summed E-state index contributed by atoms with van der Waals surface area (Å²) in [7, 11) is 0. The Morgan fingerprint density at radius 2 is 1.12 bits per heavy atom. The molecule has 2 aromatic rings. The molecule has 40 heavy (non-hydrogen) atoms. The van der Waals surface area contributed by atoms with Gasteiger partial charge in [0, 0.05) is 11.0 Å². The summed E-state index contributed by atoms with van der Waals surface area (Å²) in [4.78, 5) is 72.8. The number of anilines is 2. The van der Waals surface area contributed by atoms with Gasteiger partial charge in [-0.15, -0.1) is 0 Å². The second-order valence-corrected chi connectivity index (χ2v) is 12.7. The maximum absolute atomic E-state index is 14.3. The highest BCUT2D eigenvalue weighted by Gasteiger charge is 2.81. The Kier molecular flexibility index (Phi) is 5.79. The van der Waals surface area contributed by atoms with Crippen molar-refractivity contribution in [2.75, 3.05) is 16.4 Å². The summed E-state index contributed by atoms with van der Waals surface area (Å²) in [5.74, 6) is -6.67. The summed E-state index contributed by atoms with van der Waals surface area (Å²) in [5, 5.41) is 0. The quantitative estimate of drug-likeness (QED) is 0.294. The summed E-state index contributed by atoms with van der Waals surface area (Å²) in [6.07, 6.45) is 0. The van der Waals surface area contributed by atoms with Gasteiger partial charge in [-0.1, -0.05) is 58.2 Å². The molecule has 2 bridgehead atoms. The number of allylic oxidation sites excluding steroid dienone is 1. The molecule has 2 heterocycles. The summed E-state index contributed by atoms with van der Waals surface area (Å²) in [6.45, 7) is 8.96. The van der Waals surface area contributed by atoms with E-state index in [4.69, 9.17) is 4.74 Å². The van der Waals surface area contributed by atoms with Crippen LogP contribution in [0.3, 0.4) is 0 Å². The zero-order valence-electron chi connectivity index (χ0n) is 22.9. The van der Waals surface area contributed by atoms with E-state index in [-0.39, 0.29) is 12.2 Å². The summed E-state index contributed by atoms with van der Waals surface area (Å²) >= 11 is 3.79. The molecular weight excluding hydrogens is 576 g/mol. The number of alkyl halides is 1. The molecule has 0 N–H and O–H groups in total. The van der Waals surface area contributed by atoms with Crippen LogP contribution in [0, 0.1) is 42.9 Å². The zero-order chi connectivity index (χ0) is 28.9. The molecule has 2 aliphatic heterocycles. The van der Waals surface area contributed by atoms with Crippen LogP contribution < -0.4 is 9.80 Å². The van der Waals surface area contributed by atoms with Gasteiger partial charge < -0.3 is 4.74 Å². The molecule has 0 radical (unpaired) electrons. The highest BCUT2D eigenvalue weighted by molar-refractivity contribution is 9.10. The number of aryl methyl sites for hydroxylation is 2. The van der Waals surface area contributed by atoms with Crippen molar-refractivity contribution in [3.05, 3.63) is 70.8 Å². The van der Waals surface area contributed by atoms with Crippen molar-refractivity contribution >= 4 is 56.9 Å². The maximum atomic E-state index is 14.3. The first kappa shape index (κ1) is 26.6. The molecule has 0 aromatic heterocycles. The molecule has 2 saturated heterocycles. The highest BCUT2D eigenvalue weighted by atomic mass is 79.9. The lowest BCUT2D eigenvalue weighted by Gasteiger charge is -2.59. The minimum atomic E-state index is -1.46. The van der Waals surface area contributed by atoms with Crippen LogP contribution in [-0.2, 0) is 28.7 Å². The lowest BCUT2D eigenvalue weighted by molar-refractivity contribution is -0.152. The Hall–Kier alpha value is -3.59. The third kappa shape index (κ3) is 3.09. The summed E-state index contributed by atoms with van der Waals surface area (Å²) < 4.78 is 4.00. The lowest BCUT2D eigenvalue weighted by Crippen LogP contribution is -2.67. The van der Waals surface area contributed by atoms with Gasteiger partial charge in [-0.2, -0.15) is 0 Å². The molecule has 9 heteroatoms. The fourth-order valence-electron chi connectivity index (χ4n) is 7.63. The Bertz CT molecular complexity index is 1450. The van der Waals surface area contributed by atoms with Gasteiger partial charge in [0.2, 0.25) is 23.6 Å². The first-order valence-corrected chi connectivity index (χ1v) is 14.2. The lowest BCUT2D eigenvalue weighted by atomic mass is 9.43. The van der Waals surface area contributed by atoms with Crippen LogP contribution >= 0.6 is 15.9 Å². The van der Waals surface area contributed by atoms with Gasteiger partial charge in [0.1, 0.15) is 0 Å². The van der Waals surface area contributed by atoms with Crippen LogP contribution in [0.4, 0.5) is 11.4 Å². The predicted molar refractivity (Wildman–Crippen MR) is 150 cm³/mol. The average molecular weight is 605 g/mol. The van der Waals surface area contributed by atoms with Gasteiger partial charge in [-0.05, 0) is 57.5 Å². The number of carbonyl (C=O) groups is 5. The molecule has 4 amide bonds. The van der Waals surface area contributed by atoms with Gasteiger partial charge in [-0.3, -0.25) is 19.2 Å². The van der Waals surface area contributed by atoms with Crippen LogP contribution in [-0.4, -0.2) is 40.5 Å². The predicted octanol–water partition coefficient (Wildman–Crippen LogP) is 4.26. The van der Waals surface area contributed by atoms with Gasteiger partial charge in [0.15, 0.2) is 0 Å². The number of rotatable bonds is 4. The van der Waals surface area contributed by atoms with Crippen molar-refractivity contribution in [1.82, 2.24) is 0 Å². The molecule has 6 atom stereocenters. The number of esters is 1. The topological polar surface area (TPSA) is 101 Å². The molecule has 3 aliphatic carbocycles. The van der Waals surface area contributed by atoms with E-state index in [0.717, 1.165) is 20.9 Å². The average Bonchev–Trinajstić information content (AvgIpc) is 3.34. The fraction of sp³-hybridized carbons (Fsp3) is 0.387. The fourth-order valence-corrected chi connectivity index (χ4v) is 8.75. The SMILES string of the molecule is CCOC(=O)C1=C(C)C2(Br)[C@@H]3C(=O)N(c4ccc(C)cc4)C(=O)[C@@H]3C1(C)[C@H]1C(=O)N(c3ccc(C)cc3)C(=O)[C@@H]12. The molecule has 3 fully saturated rings. The third-order valence-corrected chi connectivity index (χ3v) is 10.9. The summed E-state index contributed by atoms with van der Waals surface area (Å²) in [6, 6.07) is 14.1. The van der Waals surface area contributed by atoms with Crippen LogP contribution in [0.25, 0.3) is 0 Å². The van der Waals surface area contributed by atoms with E-state index in [9.17, 15) is 24.0 Å². The molecule has 2 aromatic carbocycles. The van der Waals surface area contributed by atoms with Crippen molar-refractivity contribution in [1.29, 1.82) is 0 Å². The highest BCUT2D eigenvalue weighted by Crippen LogP contribution is 2.72. The number of hydrogen-bond donors (Lipinski definition) is 0. The number of hydrogen-bond acceptors (Lipinski definition) is 6. The molecule has 7 rings (SSSR count). The van der Waals surface area contributed by atoms with Gasteiger partial charge in [-0.25, -0.2) is 14.6 Å². The van der Waals surface area contributed by atoms with Crippen LogP contribution in [0.2, 0.25) is 0 Å². The Labute approximate surface area is 240 Å². The largest absolute Gasteiger partial charge is 0.463 e. The van der Waals surface area contributed by atoms with Crippen LogP contribution in [0.1, 0.15) is 31.9 Å². The van der Waals surface area contributed by atoms with E-state index in [2.05, 4.69) is 15.9 Å². The number of amides is 4. The zero-order valence-corrected chi connectivity index (χ0v) is 24.4. The Morgan fingerprint density at radius 1 is 0.750 bits per heavy atom. The minimum absolute atomic E-state index is 0.0912. The first-order chi connectivity index (χ1) is 18.9. The minimum Gasteiger partial charge on any atom is -0.463 e. The number of imide groups is 2. The van der Waals surface area contributed by atoms with E-state index in [1.54, 1.807) is 45.0 Å². The maximum Gasteiger partial charge on any atom is 0.334 e. The van der Waals surface area contributed by atoms with E-state index in [1.807, 2.05) is 38.1 Å². The van der Waals surface area contributed by atoms with E-state index >= 15 is 0 Å². The van der Waals surface area contributed by atoms with Crippen LogP contribution in [0.15, 0.2) is 59.7 Å². The van der Waals surface area contributed by atoms with Crippen LogP contribution in [0.5, 0.6) is 0 Å². The van der Waals surface area contributed by atoms with Crippen molar-refractivity contribution in [2.24, 2.45) is 29.1 Å². The molecule has 0 spiro atoms. The number of halogens is 1. The number of carbonyl (C=O) groups excluding carboxylic acids is 5. The van der Waals surface area contributed by atoms with Crippen molar-refractivity contribution in [3.63, 3.8) is 0 Å². The van der Waals surface area contributed by atoms with Gasteiger partial charge in [0.05, 0.1) is 46.0 Å². The molecule has 8 nitrogen and oxygen atoms in total. The smallest absolute Gasteiger partial charge is 0.334 e. The van der Waals surface area contributed by atoms with Gasteiger partial charge >= 0.3 is 5.97 Å².